The number of aryl methyl sites for hydroxylation is 1. The summed E-state index contributed by atoms with van der Waals surface area (Å²) in [7, 11) is 0. The second kappa shape index (κ2) is 11.4. The molecule has 0 atom stereocenters. The standard InChI is InChI=1S/C25H32N2O4/c1-3-30-22-14-13-21(19-23(22)31-4-2)25(29)27-17-15-26(16-18-27)24(28)12-8-11-20-9-6-5-7-10-20/h5-7,9-10,13-14,19H,3-4,8,11-12,15-18H2,1-2H3. The lowest BCUT2D eigenvalue weighted by atomic mass is 10.1. The van der Waals surface area contributed by atoms with Crippen LogP contribution in [0.2, 0.25) is 0 Å². The average molecular weight is 425 g/mol. The predicted octanol–water partition coefficient (Wildman–Crippen LogP) is 3.79. The molecule has 1 fully saturated rings. The van der Waals surface area contributed by atoms with Gasteiger partial charge in [-0.3, -0.25) is 9.59 Å². The summed E-state index contributed by atoms with van der Waals surface area (Å²) in [5, 5.41) is 0. The molecule has 166 valence electrons. The van der Waals surface area contributed by atoms with Crippen molar-refractivity contribution in [2.24, 2.45) is 0 Å². The summed E-state index contributed by atoms with van der Waals surface area (Å²) < 4.78 is 11.2. The molecule has 0 aromatic heterocycles. The van der Waals surface area contributed by atoms with Gasteiger partial charge in [0.25, 0.3) is 5.91 Å². The van der Waals surface area contributed by atoms with E-state index in [1.807, 2.05) is 36.9 Å². The van der Waals surface area contributed by atoms with Gasteiger partial charge in [-0.15, -0.1) is 0 Å². The Balaban J connectivity index is 1.50. The van der Waals surface area contributed by atoms with Gasteiger partial charge in [0.15, 0.2) is 11.5 Å². The van der Waals surface area contributed by atoms with E-state index in [9.17, 15) is 9.59 Å². The van der Waals surface area contributed by atoms with Crippen molar-refractivity contribution in [2.75, 3.05) is 39.4 Å². The smallest absolute Gasteiger partial charge is 0.254 e. The summed E-state index contributed by atoms with van der Waals surface area (Å²) in [6.07, 6.45) is 2.29. The molecule has 0 unspecified atom stereocenters. The fraction of sp³-hybridized carbons (Fsp3) is 0.440. The number of benzene rings is 2. The van der Waals surface area contributed by atoms with Gasteiger partial charge < -0.3 is 19.3 Å². The van der Waals surface area contributed by atoms with E-state index in [0.29, 0.717) is 62.9 Å². The van der Waals surface area contributed by atoms with Crippen LogP contribution in [0.15, 0.2) is 48.5 Å². The fourth-order valence-electron chi connectivity index (χ4n) is 3.77. The Hall–Kier alpha value is -3.02. The minimum atomic E-state index is -0.0415. The van der Waals surface area contributed by atoms with Gasteiger partial charge in [0.05, 0.1) is 13.2 Å². The van der Waals surface area contributed by atoms with E-state index in [-0.39, 0.29) is 11.8 Å². The number of rotatable bonds is 9. The Kier molecular flexibility index (Phi) is 8.33. The third kappa shape index (κ3) is 6.23. The van der Waals surface area contributed by atoms with Crippen molar-refractivity contribution in [2.45, 2.75) is 33.1 Å². The molecule has 0 N–H and O–H groups in total. The second-order valence-corrected chi connectivity index (χ2v) is 7.54. The minimum Gasteiger partial charge on any atom is -0.490 e. The molecule has 31 heavy (non-hydrogen) atoms. The number of ether oxygens (including phenoxy) is 2. The zero-order chi connectivity index (χ0) is 22.1. The lowest BCUT2D eigenvalue weighted by molar-refractivity contribution is -0.132. The van der Waals surface area contributed by atoms with Crippen LogP contribution < -0.4 is 9.47 Å². The highest BCUT2D eigenvalue weighted by molar-refractivity contribution is 5.95. The van der Waals surface area contributed by atoms with Gasteiger partial charge in [-0.1, -0.05) is 30.3 Å². The minimum absolute atomic E-state index is 0.0415. The van der Waals surface area contributed by atoms with E-state index in [0.717, 1.165) is 12.8 Å². The van der Waals surface area contributed by atoms with E-state index >= 15 is 0 Å². The highest BCUT2D eigenvalue weighted by atomic mass is 16.5. The summed E-state index contributed by atoms with van der Waals surface area (Å²) in [4.78, 5) is 29.2. The maximum absolute atomic E-state index is 13.0. The zero-order valence-electron chi connectivity index (χ0n) is 18.5. The third-order valence-electron chi connectivity index (χ3n) is 5.41. The van der Waals surface area contributed by atoms with Crippen molar-refractivity contribution >= 4 is 11.8 Å². The van der Waals surface area contributed by atoms with E-state index in [2.05, 4.69) is 12.1 Å². The van der Waals surface area contributed by atoms with Crippen molar-refractivity contribution in [1.82, 2.24) is 9.80 Å². The van der Waals surface area contributed by atoms with Gasteiger partial charge in [0.1, 0.15) is 0 Å². The largest absolute Gasteiger partial charge is 0.490 e. The van der Waals surface area contributed by atoms with Crippen LogP contribution in [0, 0.1) is 0 Å². The zero-order valence-corrected chi connectivity index (χ0v) is 18.5. The van der Waals surface area contributed by atoms with Gasteiger partial charge in [-0.25, -0.2) is 0 Å². The molecule has 1 aliphatic heterocycles. The second-order valence-electron chi connectivity index (χ2n) is 7.54. The first-order valence-electron chi connectivity index (χ1n) is 11.1. The monoisotopic (exact) mass is 424 g/mol. The lowest BCUT2D eigenvalue weighted by Gasteiger charge is -2.35. The topological polar surface area (TPSA) is 59.1 Å². The van der Waals surface area contributed by atoms with Crippen molar-refractivity contribution in [3.63, 3.8) is 0 Å². The van der Waals surface area contributed by atoms with E-state index in [1.165, 1.54) is 5.56 Å². The Morgan fingerprint density at radius 1 is 0.839 bits per heavy atom. The number of carbonyl (C=O) groups is 2. The first-order valence-corrected chi connectivity index (χ1v) is 11.1. The summed E-state index contributed by atoms with van der Waals surface area (Å²) in [6, 6.07) is 15.5. The lowest BCUT2D eigenvalue weighted by Crippen LogP contribution is -2.50. The molecule has 1 aliphatic rings. The molecule has 3 rings (SSSR count). The van der Waals surface area contributed by atoms with Crippen LogP contribution in [0.4, 0.5) is 0 Å². The molecule has 2 aromatic rings. The van der Waals surface area contributed by atoms with Crippen LogP contribution in [0.5, 0.6) is 11.5 Å². The highest BCUT2D eigenvalue weighted by Gasteiger charge is 2.25. The molecular formula is C25H32N2O4. The Morgan fingerprint density at radius 3 is 2.16 bits per heavy atom. The van der Waals surface area contributed by atoms with Crippen LogP contribution in [0.25, 0.3) is 0 Å². The number of nitrogens with zero attached hydrogens (tertiary/aromatic N) is 2. The average Bonchev–Trinajstić information content (AvgIpc) is 2.81. The van der Waals surface area contributed by atoms with Crippen LogP contribution in [-0.4, -0.2) is 61.0 Å². The molecular weight excluding hydrogens is 392 g/mol. The van der Waals surface area contributed by atoms with Gasteiger partial charge in [-0.2, -0.15) is 0 Å². The van der Waals surface area contributed by atoms with Gasteiger partial charge in [0.2, 0.25) is 5.91 Å². The first kappa shape index (κ1) is 22.7. The number of piperazine rings is 1. The number of hydrogen-bond acceptors (Lipinski definition) is 4. The van der Waals surface area contributed by atoms with E-state index in [1.54, 1.807) is 23.1 Å². The Morgan fingerprint density at radius 2 is 1.48 bits per heavy atom. The van der Waals surface area contributed by atoms with Crippen LogP contribution in [0.1, 0.15) is 42.6 Å². The SMILES string of the molecule is CCOc1ccc(C(=O)N2CCN(C(=O)CCCc3ccccc3)CC2)cc1OCC. The number of amides is 2. The molecule has 1 saturated heterocycles. The summed E-state index contributed by atoms with van der Waals surface area (Å²) in [5.41, 5.74) is 1.84. The highest BCUT2D eigenvalue weighted by Crippen LogP contribution is 2.29. The van der Waals surface area contributed by atoms with Crippen LogP contribution in [-0.2, 0) is 11.2 Å². The molecule has 0 radical (unpaired) electrons. The number of hydrogen-bond donors (Lipinski definition) is 0. The molecule has 0 saturated carbocycles. The molecule has 2 amide bonds. The Bertz CT molecular complexity index is 861. The summed E-state index contributed by atoms with van der Waals surface area (Å²) in [6.45, 7) is 7.09. The van der Waals surface area contributed by atoms with Crippen LogP contribution in [0.3, 0.4) is 0 Å². The predicted molar refractivity (Wildman–Crippen MR) is 121 cm³/mol. The van der Waals surface area contributed by atoms with Crippen molar-refractivity contribution < 1.29 is 19.1 Å². The Labute approximate surface area is 184 Å². The molecule has 1 heterocycles. The van der Waals surface area contributed by atoms with Crippen molar-refractivity contribution in [3.05, 3.63) is 59.7 Å². The van der Waals surface area contributed by atoms with Crippen LogP contribution >= 0.6 is 0 Å². The summed E-state index contributed by atoms with van der Waals surface area (Å²) >= 11 is 0. The van der Waals surface area contributed by atoms with Gasteiger partial charge in [0, 0.05) is 38.2 Å². The first-order chi connectivity index (χ1) is 15.1. The molecule has 0 spiro atoms. The normalized spacial score (nSPS) is 13.7. The van der Waals surface area contributed by atoms with Gasteiger partial charge in [-0.05, 0) is 50.5 Å². The van der Waals surface area contributed by atoms with E-state index < -0.39 is 0 Å². The van der Waals surface area contributed by atoms with Crippen molar-refractivity contribution in [3.8, 4) is 11.5 Å². The quantitative estimate of drug-likeness (QED) is 0.615. The molecule has 0 bridgehead atoms. The van der Waals surface area contributed by atoms with E-state index in [4.69, 9.17) is 9.47 Å². The maximum atomic E-state index is 13.0. The molecule has 6 heteroatoms. The molecule has 6 nitrogen and oxygen atoms in total. The maximum Gasteiger partial charge on any atom is 0.254 e. The number of carbonyl (C=O) groups excluding carboxylic acids is 2. The fourth-order valence-corrected chi connectivity index (χ4v) is 3.77. The van der Waals surface area contributed by atoms with Crippen molar-refractivity contribution in [1.29, 1.82) is 0 Å². The van der Waals surface area contributed by atoms with Gasteiger partial charge >= 0.3 is 0 Å². The molecule has 2 aromatic carbocycles. The summed E-state index contributed by atoms with van der Waals surface area (Å²) in [5.74, 6) is 1.36. The molecule has 0 aliphatic carbocycles. The third-order valence-corrected chi connectivity index (χ3v) is 5.41.